The van der Waals surface area contributed by atoms with Gasteiger partial charge in [0, 0.05) is 47.5 Å². The number of aromatic amines is 1. The molecule has 24 heavy (non-hydrogen) atoms. The molecule has 2 N–H and O–H groups in total. The second-order valence-electron chi connectivity index (χ2n) is 6.05. The van der Waals surface area contributed by atoms with Crippen LogP contribution in [0.15, 0.2) is 29.1 Å². The number of nitrogens with zero attached hydrogens (tertiary/aromatic N) is 1. The van der Waals surface area contributed by atoms with Crippen LogP contribution in [0.3, 0.4) is 0 Å². The molecule has 2 amide bonds. The largest absolute Gasteiger partial charge is 0.348 e. The number of pyridine rings is 1. The number of amides is 2. The van der Waals surface area contributed by atoms with Crippen LogP contribution in [-0.4, -0.2) is 40.8 Å². The van der Waals surface area contributed by atoms with Crippen molar-refractivity contribution in [3.8, 4) is 0 Å². The number of hydrogen-bond acceptors (Lipinski definition) is 3. The molecule has 1 saturated heterocycles. The smallest absolute Gasteiger partial charge is 0.252 e. The van der Waals surface area contributed by atoms with Crippen molar-refractivity contribution in [2.24, 2.45) is 0 Å². The third-order valence-electron chi connectivity index (χ3n) is 4.09. The standard InChI is InChI=1S/C17H18ClN3O3/c1-10(9-21-6-2-3-16(21)23)19-17(24)13-8-15(22)20-14-5-4-11(18)7-12(13)14/h4-5,7-8,10H,2-3,6,9H2,1H3,(H,19,24)(H,20,22)/t10-/m1/s1. The molecule has 0 spiro atoms. The highest BCUT2D eigenvalue weighted by atomic mass is 35.5. The van der Waals surface area contributed by atoms with E-state index in [0.29, 0.717) is 28.9 Å². The molecule has 1 aromatic carbocycles. The first kappa shape index (κ1) is 16.5. The van der Waals surface area contributed by atoms with Crippen molar-refractivity contribution in [2.45, 2.75) is 25.8 Å². The number of rotatable bonds is 4. The fourth-order valence-electron chi connectivity index (χ4n) is 2.99. The van der Waals surface area contributed by atoms with Crippen molar-refractivity contribution in [1.29, 1.82) is 0 Å². The fourth-order valence-corrected chi connectivity index (χ4v) is 3.16. The van der Waals surface area contributed by atoms with Crippen LogP contribution in [0.25, 0.3) is 10.9 Å². The fraction of sp³-hybridized carbons (Fsp3) is 0.353. The SMILES string of the molecule is C[C@H](CN1CCCC1=O)NC(=O)c1cc(=O)[nH]c2ccc(Cl)cc12. The van der Waals surface area contributed by atoms with E-state index in [0.717, 1.165) is 13.0 Å². The molecular weight excluding hydrogens is 330 g/mol. The number of likely N-dealkylation sites (tertiary alicyclic amines) is 1. The van der Waals surface area contributed by atoms with Crippen LogP contribution in [0.1, 0.15) is 30.1 Å². The topological polar surface area (TPSA) is 82.3 Å². The number of carbonyl (C=O) groups excluding carboxylic acids is 2. The van der Waals surface area contributed by atoms with Crippen LogP contribution in [0.4, 0.5) is 0 Å². The van der Waals surface area contributed by atoms with Gasteiger partial charge in [0.05, 0.1) is 5.56 Å². The molecule has 2 aromatic rings. The van der Waals surface area contributed by atoms with E-state index in [4.69, 9.17) is 11.6 Å². The molecule has 3 rings (SSSR count). The van der Waals surface area contributed by atoms with Crippen LogP contribution in [-0.2, 0) is 4.79 Å². The summed E-state index contributed by atoms with van der Waals surface area (Å²) >= 11 is 6.00. The summed E-state index contributed by atoms with van der Waals surface area (Å²) in [5.74, 6) is -0.239. The van der Waals surface area contributed by atoms with Crippen molar-refractivity contribution in [3.63, 3.8) is 0 Å². The molecular formula is C17H18ClN3O3. The van der Waals surface area contributed by atoms with Gasteiger partial charge in [0.1, 0.15) is 0 Å². The van der Waals surface area contributed by atoms with Gasteiger partial charge in [-0.25, -0.2) is 0 Å². The lowest BCUT2D eigenvalue weighted by molar-refractivity contribution is -0.127. The highest BCUT2D eigenvalue weighted by molar-refractivity contribution is 6.31. The maximum Gasteiger partial charge on any atom is 0.252 e. The Labute approximate surface area is 143 Å². The molecule has 126 valence electrons. The first-order valence-corrected chi connectivity index (χ1v) is 8.23. The van der Waals surface area contributed by atoms with Gasteiger partial charge < -0.3 is 15.2 Å². The third-order valence-corrected chi connectivity index (χ3v) is 4.33. The van der Waals surface area contributed by atoms with Gasteiger partial charge in [-0.2, -0.15) is 0 Å². The number of H-pyrrole nitrogens is 1. The molecule has 0 unspecified atom stereocenters. The van der Waals surface area contributed by atoms with Crippen molar-refractivity contribution < 1.29 is 9.59 Å². The maximum absolute atomic E-state index is 12.6. The van der Waals surface area contributed by atoms with Gasteiger partial charge in [-0.15, -0.1) is 0 Å². The van der Waals surface area contributed by atoms with E-state index in [2.05, 4.69) is 10.3 Å². The van der Waals surface area contributed by atoms with Gasteiger partial charge in [0.25, 0.3) is 5.91 Å². The zero-order valence-corrected chi connectivity index (χ0v) is 14.0. The molecule has 1 aliphatic rings. The normalized spacial score (nSPS) is 15.8. The summed E-state index contributed by atoms with van der Waals surface area (Å²) in [6.07, 6.45) is 1.43. The summed E-state index contributed by atoms with van der Waals surface area (Å²) < 4.78 is 0. The summed E-state index contributed by atoms with van der Waals surface area (Å²) in [6, 6.07) is 6.02. The van der Waals surface area contributed by atoms with E-state index in [-0.39, 0.29) is 29.0 Å². The molecule has 1 aromatic heterocycles. The lowest BCUT2D eigenvalue weighted by atomic mass is 10.1. The van der Waals surface area contributed by atoms with Gasteiger partial charge in [0.15, 0.2) is 0 Å². The minimum absolute atomic E-state index is 0.115. The quantitative estimate of drug-likeness (QED) is 0.886. The summed E-state index contributed by atoms with van der Waals surface area (Å²) in [6.45, 7) is 3.03. The van der Waals surface area contributed by atoms with Gasteiger partial charge in [-0.1, -0.05) is 11.6 Å². The third kappa shape index (κ3) is 3.43. The lowest BCUT2D eigenvalue weighted by Gasteiger charge is -2.22. The molecule has 0 aliphatic carbocycles. The van der Waals surface area contributed by atoms with Gasteiger partial charge in [-0.3, -0.25) is 14.4 Å². The molecule has 1 fully saturated rings. The Morgan fingerprint density at radius 3 is 2.88 bits per heavy atom. The highest BCUT2D eigenvalue weighted by Gasteiger charge is 2.23. The van der Waals surface area contributed by atoms with E-state index in [1.165, 1.54) is 6.07 Å². The predicted molar refractivity (Wildman–Crippen MR) is 92.3 cm³/mol. The molecule has 6 nitrogen and oxygen atoms in total. The first-order valence-electron chi connectivity index (χ1n) is 7.85. The molecule has 7 heteroatoms. The van der Waals surface area contributed by atoms with Crippen LogP contribution in [0.5, 0.6) is 0 Å². The molecule has 1 aliphatic heterocycles. The maximum atomic E-state index is 12.6. The van der Waals surface area contributed by atoms with E-state index in [1.807, 2.05) is 6.92 Å². The van der Waals surface area contributed by atoms with E-state index in [9.17, 15) is 14.4 Å². The Morgan fingerprint density at radius 2 is 2.17 bits per heavy atom. The molecule has 0 radical (unpaired) electrons. The van der Waals surface area contributed by atoms with Crippen molar-refractivity contribution in [2.75, 3.05) is 13.1 Å². The molecule has 2 heterocycles. The number of benzene rings is 1. The second kappa shape index (κ2) is 6.65. The van der Waals surface area contributed by atoms with Gasteiger partial charge >= 0.3 is 0 Å². The molecule has 0 bridgehead atoms. The zero-order chi connectivity index (χ0) is 17.3. The number of aromatic nitrogens is 1. The van der Waals surface area contributed by atoms with Crippen LogP contribution < -0.4 is 10.9 Å². The summed E-state index contributed by atoms with van der Waals surface area (Å²) in [4.78, 5) is 40.5. The monoisotopic (exact) mass is 347 g/mol. The summed E-state index contributed by atoms with van der Waals surface area (Å²) in [5.41, 5.74) is 0.479. The minimum Gasteiger partial charge on any atom is -0.348 e. The number of hydrogen-bond donors (Lipinski definition) is 2. The molecule has 0 saturated carbocycles. The van der Waals surface area contributed by atoms with E-state index < -0.39 is 0 Å². The van der Waals surface area contributed by atoms with Gasteiger partial charge in [-0.05, 0) is 31.5 Å². The highest BCUT2D eigenvalue weighted by Crippen LogP contribution is 2.20. The zero-order valence-electron chi connectivity index (χ0n) is 13.3. The number of carbonyl (C=O) groups is 2. The molecule has 1 atom stereocenters. The van der Waals surface area contributed by atoms with Crippen LogP contribution in [0.2, 0.25) is 5.02 Å². The number of halogens is 1. The van der Waals surface area contributed by atoms with Gasteiger partial charge in [0.2, 0.25) is 11.5 Å². The van der Waals surface area contributed by atoms with Crippen LogP contribution >= 0.6 is 11.6 Å². The first-order chi connectivity index (χ1) is 11.4. The van der Waals surface area contributed by atoms with Crippen LogP contribution in [0, 0.1) is 0 Å². The Balaban J connectivity index is 1.82. The summed E-state index contributed by atoms with van der Waals surface area (Å²) in [5, 5.41) is 3.93. The van der Waals surface area contributed by atoms with E-state index in [1.54, 1.807) is 23.1 Å². The van der Waals surface area contributed by atoms with E-state index >= 15 is 0 Å². The number of nitrogens with one attached hydrogen (secondary N) is 2. The summed E-state index contributed by atoms with van der Waals surface area (Å²) in [7, 11) is 0. The minimum atomic E-state index is -0.354. The lowest BCUT2D eigenvalue weighted by Crippen LogP contribution is -2.42. The average molecular weight is 348 g/mol. The average Bonchev–Trinajstić information content (AvgIpc) is 2.91. The van der Waals surface area contributed by atoms with Crippen molar-refractivity contribution in [3.05, 3.63) is 45.2 Å². The Hall–Kier alpha value is -2.34. The second-order valence-corrected chi connectivity index (χ2v) is 6.49. The van der Waals surface area contributed by atoms with Crippen molar-refractivity contribution >= 4 is 34.3 Å². The number of fused-ring (bicyclic) bond motifs is 1. The Kier molecular flexibility index (Phi) is 4.57. The Bertz CT molecular complexity index is 862. The Morgan fingerprint density at radius 1 is 1.38 bits per heavy atom. The predicted octanol–water partition coefficient (Wildman–Crippen LogP) is 1.92. The van der Waals surface area contributed by atoms with Crippen molar-refractivity contribution in [1.82, 2.24) is 15.2 Å².